The van der Waals surface area contributed by atoms with Crippen LogP contribution in [0.4, 0.5) is 0 Å². The van der Waals surface area contributed by atoms with Crippen molar-refractivity contribution >= 4 is 11.8 Å². The SMILES string of the molecule is C=CCc1cc(C(=O)NCC(=O)NCC)cc(OC)c1OC. The van der Waals surface area contributed by atoms with Gasteiger partial charge in [0.25, 0.3) is 5.91 Å². The molecule has 0 saturated heterocycles. The number of rotatable bonds is 8. The van der Waals surface area contributed by atoms with E-state index in [0.29, 0.717) is 30.0 Å². The number of benzene rings is 1. The van der Waals surface area contributed by atoms with Crippen molar-refractivity contribution in [1.29, 1.82) is 0 Å². The van der Waals surface area contributed by atoms with Crippen molar-refractivity contribution in [2.75, 3.05) is 27.3 Å². The van der Waals surface area contributed by atoms with Gasteiger partial charge in [0.05, 0.1) is 20.8 Å². The molecule has 6 heteroatoms. The molecule has 0 radical (unpaired) electrons. The Morgan fingerprint density at radius 2 is 1.95 bits per heavy atom. The molecule has 0 bridgehead atoms. The van der Waals surface area contributed by atoms with Gasteiger partial charge in [-0.3, -0.25) is 9.59 Å². The molecule has 0 atom stereocenters. The lowest BCUT2D eigenvalue weighted by Gasteiger charge is -2.14. The van der Waals surface area contributed by atoms with Crippen LogP contribution in [0.2, 0.25) is 0 Å². The van der Waals surface area contributed by atoms with Crippen LogP contribution in [0.3, 0.4) is 0 Å². The number of carbonyl (C=O) groups is 2. The summed E-state index contributed by atoms with van der Waals surface area (Å²) in [4.78, 5) is 23.6. The Kier molecular flexibility index (Phi) is 6.95. The molecule has 1 aromatic carbocycles. The van der Waals surface area contributed by atoms with Crippen LogP contribution < -0.4 is 20.1 Å². The number of methoxy groups -OCH3 is 2. The molecule has 0 aromatic heterocycles. The molecule has 0 aliphatic carbocycles. The van der Waals surface area contributed by atoms with Crippen molar-refractivity contribution < 1.29 is 19.1 Å². The number of nitrogens with one attached hydrogen (secondary N) is 2. The van der Waals surface area contributed by atoms with Crippen LogP contribution >= 0.6 is 0 Å². The van der Waals surface area contributed by atoms with E-state index in [4.69, 9.17) is 9.47 Å². The van der Waals surface area contributed by atoms with Gasteiger partial charge < -0.3 is 20.1 Å². The van der Waals surface area contributed by atoms with Crippen LogP contribution in [0.25, 0.3) is 0 Å². The molecule has 22 heavy (non-hydrogen) atoms. The van der Waals surface area contributed by atoms with Crippen LogP contribution in [-0.4, -0.2) is 39.1 Å². The number of hydrogen-bond donors (Lipinski definition) is 2. The summed E-state index contributed by atoms with van der Waals surface area (Å²) in [6.45, 7) is 5.96. The van der Waals surface area contributed by atoms with Crippen LogP contribution in [0.5, 0.6) is 11.5 Å². The zero-order valence-electron chi connectivity index (χ0n) is 13.2. The lowest BCUT2D eigenvalue weighted by Crippen LogP contribution is -2.36. The summed E-state index contributed by atoms with van der Waals surface area (Å²) in [5.74, 6) is 0.452. The van der Waals surface area contributed by atoms with Crippen molar-refractivity contribution in [1.82, 2.24) is 10.6 Å². The van der Waals surface area contributed by atoms with Crippen LogP contribution in [-0.2, 0) is 11.2 Å². The van der Waals surface area contributed by atoms with E-state index in [1.54, 1.807) is 25.3 Å². The molecule has 120 valence electrons. The van der Waals surface area contributed by atoms with E-state index < -0.39 is 0 Å². The van der Waals surface area contributed by atoms with E-state index >= 15 is 0 Å². The van der Waals surface area contributed by atoms with E-state index in [2.05, 4.69) is 17.2 Å². The molecule has 0 unspecified atom stereocenters. The second-order valence-electron chi connectivity index (χ2n) is 4.50. The smallest absolute Gasteiger partial charge is 0.251 e. The summed E-state index contributed by atoms with van der Waals surface area (Å²) in [6.07, 6.45) is 2.25. The first-order valence-electron chi connectivity index (χ1n) is 6.98. The predicted molar refractivity (Wildman–Crippen MR) is 84.5 cm³/mol. The highest BCUT2D eigenvalue weighted by Crippen LogP contribution is 2.33. The first kappa shape index (κ1) is 17.6. The Morgan fingerprint density at radius 3 is 2.50 bits per heavy atom. The fraction of sp³-hybridized carbons (Fsp3) is 0.375. The Balaban J connectivity index is 2.98. The number of likely N-dealkylation sites (N-methyl/N-ethyl adjacent to an activating group) is 1. The van der Waals surface area contributed by atoms with Gasteiger partial charge in [-0.15, -0.1) is 6.58 Å². The van der Waals surface area contributed by atoms with Gasteiger partial charge in [-0.25, -0.2) is 0 Å². The van der Waals surface area contributed by atoms with E-state index in [-0.39, 0.29) is 18.4 Å². The second-order valence-corrected chi connectivity index (χ2v) is 4.50. The third-order valence-corrected chi connectivity index (χ3v) is 2.97. The van der Waals surface area contributed by atoms with E-state index in [1.165, 1.54) is 7.11 Å². The lowest BCUT2D eigenvalue weighted by molar-refractivity contribution is -0.120. The van der Waals surface area contributed by atoms with Crippen LogP contribution in [0, 0.1) is 0 Å². The van der Waals surface area contributed by atoms with Gasteiger partial charge >= 0.3 is 0 Å². The molecule has 2 N–H and O–H groups in total. The molecule has 0 spiro atoms. The summed E-state index contributed by atoms with van der Waals surface area (Å²) in [6, 6.07) is 3.29. The molecule has 1 aromatic rings. The molecule has 1 rings (SSSR count). The van der Waals surface area contributed by atoms with Gasteiger partial charge in [0.15, 0.2) is 11.5 Å². The van der Waals surface area contributed by atoms with Crippen LogP contribution in [0.15, 0.2) is 24.8 Å². The van der Waals surface area contributed by atoms with Gasteiger partial charge in [0.2, 0.25) is 5.91 Å². The zero-order chi connectivity index (χ0) is 16.5. The predicted octanol–water partition coefficient (Wildman–Crippen LogP) is 1.30. The first-order valence-corrected chi connectivity index (χ1v) is 6.98. The maximum atomic E-state index is 12.2. The number of allylic oxidation sites excluding steroid dienone is 1. The van der Waals surface area contributed by atoms with E-state index in [9.17, 15) is 9.59 Å². The first-order chi connectivity index (χ1) is 10.6. The minimum absolute atomic E-state index is 0.0716. The van der Waals surface area contributed by atoms with Gasteiger partial charge in [0.1, 0.15) is 0 Å². The fourth-order valence-electron chi connectivity index (χ4n) is 2.00. The number of ether oxygens (including phenoxy) is 2. The van der Waals surface area contributed by atoms with Gasteiger partial charge in [-0.05, 0) is 25.5 Å². The molecule has 0 heterocycles. The van der Waals surface area contributed by atoms with Crippen molar-refractivity contribution in [3.05, 3.63) is 35.9 Å². The quantitative estimate of drug-likeness (QED) is 0.710. The standard InChI is InChI=1S/C16H22N2O4/c1-5-7-11-8-12(9-13(21-3)15(11)22-4)16(20)18-10-14(19)17-6-2/h5,8-9H,1,6-7,10H2,2-4H3,(H,17,19)(H,18,20). The average molecular weight is 306 g/mol. The number of amides is 2. The fourth-order valence-corrected chi connectivity index (χ4v) is 2.00. The summed E-state index contributed by atoms with van der Waals surface area (Å²) < 4.78 is 10.6. The molecule has 0 aliphatic rings. The minimum atomic E-state index is -0.350. The maximum Gasteiger partial charge on any atom is 0.251 e. The zero-order valence-corrected chi connectivity index (χ0v) is 13.2. The molecule has 0 aliphatic heterocycles. The van der Waals surface area contributed by atoms with E-state index in [0.717, 1.165) is 5.56 Å². The van der Waals surface area contributed by atoms with Crippen molar-refractivity contribution in [3.63, 3.8) is 0 Å². The van der Waals surface area contributed by atoms with Gasteiger partial charge in [-0.2, -0.15) is 0 Å². The summed E-state index contributed by atoms with van der Waals surface area (Å²) >= 11 is 0. The monoisotopic (exact) mass is 306 g/mol. The highest BCUT2D eigenvalue weighted by atomic mass is 16.5. The highest BCUT2D eigenvalue weighted by molar-refractivity contribution is 5.97. The molecule has 2 amide bonds. The van der Waals surface area contributed by atoms with Gasteiger partial charge in [-0.1, -0.05) is 6.08 Å². The van der Waals surface area contributed by atoms with Gasteiger partial charge in [0, 0.05) is 17.7 Å². The molecular weight excluding hydrogens is 284 g/mol. The number of hydrogen-bond acceptors (Lipinski definition) is 4. The van der Waals surface area contributed by atoms with Crippen LogP contribution in [0.1, 0.15) is 22.8 Å². The third kappa shape index (κ3) is 4.51. The van der Waals surface area contributed by atoms with Crippen molar-refractivity contribution in [2.45, 2.75) is 13.3 Å². The Labute approximate surface area is 130 Å². The Hall–Kier alpha value is -2.50. The molecule has 0 fully saturated rings. The normalized spacial score (nSPS) is 9.77. The van der Waals surface area contributed by atoms with E-state index in [1.807, 2.05) is 6.92 Å². The van der Waals surface area contributed by atoms with Crippen molar-refractivity contribution in [3.8, 4) is 11.5 Å². The topological polar surface area (TPSA) is 76.7 Å². The van der Waals surface area contributed by atoms with Crippen molar-refractivity contribution in [2.24, 2.45) is 0 Å². The minimum Gasteiger partial charge on any atom is -0.493 e. The molecule has 6 nitrogen and oxygen atoms in total. The summed E-state index contributed by atoms with van der Waals surface area (Å²) in [5, 5.41) is 5.18. The third-order valence-electron chi connectivity index (χ3n) is 2.97. The average Bonchev–Trinajstić information content (AvgIpc) is 2.52. The maximum absolute atomic E-state index is 12.2. The lowest BCUT2D eigenvalue weighted by atomic mass is 10.0. The highest BCUT2D eigenvalue weighted by Gasteiger charge is 2.16. The second kappa shape index (κ2) is 8.71. The number of carbonyl (C=O) groups excluding carboxylic acids is 2. The Bertz CT molecular complexity index is 555. The Morgan fingerprint density at radius 1 is 1.23 bits per heavy atom. The molecule has 0 saturated carbocycles. The largest absolute Gasteiger partial charge is 0.493 e. The molecular formula is C16H22N2O4. The summed E-state index contributed by atoms with van der Waals surface area (Å²) in [7, 11) is 3.05. The summed E-state index contributed by atoms with van der Waals surface area (Å²) in [5.41, 5.74) is 1.19.